The van der Waals surface area contributed by atoms with Crippen LogP contribution in [0.25, 0.3) is 0 Å². The Hall–Kier alpha value is -2.64. The predicted molar refractivity (Wildman–Crippen MR) is 99.5 cm³/mol. The summed E-state index contributed by atoms with van der Waals surface area (Å²) in [5.74, 6) is -0.238. The van der Waals surface area contributed by atoms with Gasteiger partial charge in [-0.2, -0.15) is 0 Å². The van der Waals surface area contributed by atoms with E-state index in [9.17, 15) is 14.7 Å². The molecule has 1 aliphatic rings. The fourth-order valence-corrected chi connectivity index (χ4v) is 5.06. The first kappa shape index (κ1) is 18.2. The molecule has 0 saturated carbocycles. The zero-order valence-corrected chi connectivity index (χ0v) is 16.2. The number of pyridine rings is 1. The Labute approximate surface area is 158 Å². The van der Waals surface area contributed by atoms with Crippen molar-refractivity contribution >= 4 is 36.5 Å². The molecule has 0 spiro atoms. The van der Waals surface area contributed by atoms with Gasteiger partial charge in [0, 0.05) is 0 Å². The Morgan fingerprint density at radius 3 is 2.54 bits per heavy atom. The number of carboxylic acid groups (broad SMARTS) is 1. The average Bonchev–Trinajstić information content (AvgIpc) is 2.69. The molecule has 1 aromatic carbocycles. The van der Waals surface area contributed by atoms with Gasteiger partial charge in [0.1, 0.15) is 0 Å². The van der Waals surface area contributed by atoms with Crippen LogP contribution in [0.2, 0.25) is 0 Å². The van der Waals surface area contributed by atoms with Gasteiger partial charge in [-0.3, -0.25) is 0 Å². The van der Waals surface area contributed by atoms with E-state index in [1.54, 1.807) is 24.4 Å². The molecule has 1 atom stereocenters. The number of hydrogen-bond donors (Lipinski definition) is 1. The van der Waals surface area contributed by atoms with Gasteiger partial charge >= 0.3 is 158 Å². The SMILES string of the molecule is N#Cc1ccc([AsH]C(=O)c2ccc(N3CCCCC3)nc2)c(C(=O)O)c1. The average molecular weight is 411 g/mol. The van der Waals surface area contributed by atoms with Crippen LogP contribution in [-0.4, -0.2) is 49.5 Å². The third-order valence-electron chi connectivity index (χ3n) is 4.32. The van der Waals surface area contributed by atoms with Crippen molar-refractivity contribution in [2.45, 2.75) is 19.3 Å². The van der Waals surface area contributed by atoms with Crippen LogP contribution in [0, 0.1) is 11.3 Å². The number of carbonyl (C=O) groups excluding carboxylic acids is 1. The van der Waals surface area contributed by atoms with E-state index in [2.05, 4.69) is 9.88 Å². The first-order valence-electron chi connectivity index (χ1n) is 8.38. The van der Waals surface area contributed by atoms with E-state index < -0.39 is 21.7 Å². The van der Waals surface area contributed by atoms with E-state index in [0.29, 0.717) is 9.91 Å². The minimum absolute atomic E-state index is 0.0373. The Kier molecular flexibility index (Phi) is 5.70. The Morgan fingerprint density at radius 2 is 1.92 bits per heavy atom. The van der Waals surface area contributed by atoms with Crippen molar-refractivity contribution in [3.8, 4) is 6.07 Å². The van der Waals surface area contributed by atoms with E-state index in [-0.39, 0.29) is 15.7 Å². The third kappa shape index (κ3) is 4.12. The molecule has 1 N–H and O–H groups in total. The van der Waals surface area contributed by atoms with Crippen LogP contribution in [0.3, 0.4) is 0 Å². The predicted octanol–water partition coefficient (Wildman–Crippen LogP) is 1.54. The van der Waals surface area contributed by atoms with Gasteiger partial charge in [-0.25, -0.2) is 0 Å². The standard InChI is InChI=1S/C19H18AsN3O3/c21-11-13-4-6-16(15(10-13)19(25)26)20-18(24)14-5-7-17(22-12-14)23-8-2-1-3-9-23/h4-7,10,12,20H,1-3,8-9H2,(H,25,26). The number of nitrogens with zero attached hydrogens (tertiary/aromatic N) is 3. The third-order valence-corrected chi connectivity index (χ3v) is 6.88. The molecule has 1 unspecified atom stereocenters. The first-order valence-corrected chi connectivity index (χ1v) is 10.5. The topological polar surface area (TPSA) is 94.3 Å². The van der Waals surface area contributed by atoms with Crippen molar-refractivity contribution < 1.29 is 14.7 Å². The van der Waals surface area contributed by atoms with Crippen LogP contribution < -0.4 is 9.25 Å². The minimum atomic E-state index is -1.35. The van der Waals surface area contributed by atoms with Gasteiger partial charge in [0.05, 0.1) is 0 Å². The van der Waals surface area contributed by atoms with E-state index in [4.69, 9.17) is 5.26 Å². The molecular formula is C19H18AsN3O3. The van der Waals surface area contributed by atoms with Crippen molar-refractivity contribution in [2.75, 3.05) is 18.0 Å². The van der Waals surface area contributed by atoms with E-state index >= 15 is 0 Å². The van der Waals surface area contributed by atoms with Gasteiger partial charge in [0.25, 0.3) is 0 Å². The van der Waals surface area contributed by atoms with Gasteiger partial charge in [-0.1, -0.05) is 0 Å². The molecule has 1 aromatic heterocycles. The van der Waals surface area contributed by atoms with Crippen molar-refractivity contribution in [3.63, 3.8) is 0 Å². The van der Waals surface area contributed by atoms with Gasteiger partial charge in [-0.05, 0) is 0 Å². The van der Waals surface area contributed by atoms with E-state index in [1.807, 2.05) is 12.1 Å². The molecule has 0 bridgehead atoms. The second-order valence-corrected chi connectivity index (χ2v) is 8.69. The van der Waals surface area contributed by atoms with Crippen LogP contribution in [0.4, 0.5) is 5.82 Å². The number of aromatic nitrogens is 1. The molecule has 3 rings (SSSR count). The Bertz CT molecular complexity index is 869. The fraction of sp³-hybridized carbons (Fsp3) is 0.263. The Balaban J connectivity index is 1.76. The van der Waals surface area contributed by atoms with Crippen LogP contribution in [0.1, 0.15) is 45.5 Å². The first-order chi connectivity index (χ1) is 12.6. The summed E-state index contributed by atoms with van der Waals surface area (Å²) in [6.07, 6.45) is 5.14. The van der Waals surface area contributed by atoms with Crippen LogP contribution in [-0.2, 0) is 0 Å². The second-order valence-electron chi connectivity index (χ2n) is 6.08. The monoisotopic (exact) mass is 411 g/mol. The van der Waals surface area contributed by atoms with Crippen molar-refractivity contribution in [2.24, 2.45) is 0 Å². The molecule has 2 heterocycles. The number of piperidine rings is 1. The summed E-state index contributed by atoms with van der Waals surface area (Å²) < 4.78 is 0.441. The number of anilines is 1. The molecule has 7 heteroatoms. The van der Waals surface area contributed by atoms with Crippen LogP contribution in [0.15, 0.2) is 36.5 Å². The summed E-state index contributed by atoms with van der Waals surface area (Å²) in [6.45, 7) is 1.97. The summed E-state index contributed by atoms with van der Waals surface area (Å²) >= 11 is -1.35. The Morgan fingerprint density at radius 1 is 1.15 bits per heavy atom. The molecule has 132 valence electrons. The zero-order valence-electron chi connectivity index (χ0n) is 14.1. The molecule has 1 fully saturated rings. The number of benzene rings is 1. The van der Waals surface area contributed by atoms with Crippen LogP contribution >= 0.6 is 0 Å². The molecule has 0 amide bonds. The van der Waals surface area contributed by atoms with Gasteiger partial charge in [-0.15, -0.1) is 0 Å². The summed E-state index contributed by atoms with van der Waals surface area (Å²) in [7, 11) is 0. The molecular weight excluding hydrogens is 393 g/mol. The maximum absolute atomic E-state index is 12.6. The molecule has 6 nitrogen and oxygen atoms in total. The maximum atomic E-state index is 12.6. The molecule has 26 heavy (non-hydrogen) atoms. The number of aromatic carboxylic acids is 1. The fourth-order valence-electron chi connectivity index (χ4n) is 2.92. The van der Waals surface area contributed by atoms with Crippen LogP contribution in [0.5, 0.6) is 0 Å². The molecule has 1 saturated heterocycles. The van der Waals surface area contributed by atoms with Gasteiger partial charge in [0.15, 0.2) is 0 Å². The summed E-state index contributed by atoms with van der Waals surface area (Å²) in [5.41, 5.74) is 0.819. The van der Waals surface area contributed by atoms with Gasteiger partial charge < -0.3 is 0 Å². The second kappa shape index (κ2) is 8.16. The summed E-state index contributed by atoms with van der Waals surface area (Å²) in [6, 6.07) is 10.0. The van der Waals surface area contributed by atoms with Crippen molar-refractivity contribution in [3.05, 3.63) is 53.2 Å². The molecule has 1 aliphatic heterocycles. The number of carboxylic acids is 1. The number of nitriles is 1. The normalized spacial score (nSPS) is 14.3. The van der Waals surface area contributed by atoms with E-state index in [0.717, 1.165) is 31.7 Å². The number of hydrogen-bond acceptors (Lipinski definition) is 5. The quantitative estimate of drug-likeness (QED) is 0.751. The molecule has 2 aromatic rings. The summed E-state index contributed by atoms with van der Waals surface area (Å²) in [4.78, 5) is 30.6. The number of rotatable bonds is 5. The molecule has 0 aliphatic carbocycles. The van der Waals surface area contributed by atoms with Gasteiger partial charge in [0.2, 0.25) is 0 Å². The molecule has 0 radical (unpaired) electrons. The zero-order chi connectivity index (χ0) is 18.5. The van der Waals surface area contributed by atoms with Crippen molar-refractivity contribution in [1.29, 1.82) is 5.26 Å². The van der Waals surface area contributed by atoms with Crippen molar-refractivity contribution in [1.82, 2.24) is 4.98 Å². The van der Waals surface area contributed by atoms with E-state index in [1.165, 1.54) is 12.5 Å². The number of carbonyl (C=O) groups is 2. The summed E-state index contributed by atoms with van der Waals surface area (Å²) in [5, 5.41) is 18.2.